The normalized spacial score (nSPS) is 11.9. The van der Waals surface area contributed by atoms with Gasteiger partial charge in [-0.3, -0.25) is 9.78 Å². The minimum atomic E-state index is 0.479. The zero-order chi connectivity index (χ0) is 11.1. The van der Waals surface area contributed by atoms with Crippen molar-refractivity contribution in [1.82, 2.24) is 4.98 Å². The van der Waals surface area contributed by atoms with E-state index in [0.717, 1.165) is 17.0 Å². The summed E-state index contributed by atoms with van der Waals surface area (Å²) in [6.45, 7) is 1.93. The van der Waals surface area contributed by atoms with Crippen LogP contribution in [0.15, 0.2) is 35.0 Å². The van der Waals surface area contributed by atoms with Crippen LogP contribution in [-0.4, -0.2) is 17.6 Å². The standard InChI is InChI=1S/C11H13N3O/c1-9-3-2-4-11(14-9)5-10(6-12)7-13-8-15/h2-4,6-8H,5,12H2,1H3/b10-6-,13-7?. The zero-order valence-electron chi connectivity index (χ0n) is 8.55. The maximum absolute atomic E-state index is 10.1. The van der Waals surface area contributed by atoms with Gasteiger partial charge >= 0.3 is 0 Å². The van der Waals surface area contributed by atoms with Gasteiger partial charge in [0.05, 0.1) is 0 Å². The molecule has 1 rings (SSSR count). The Morgan fingerprint density at radius 2 is 2.40 bits per heavy atom. The van der Waals surface area contributed by atoms with E-state index >= 15 is 0 Å². The third kappa shape index (κ3) is 3.72. The van der Waals surface area contributed by atoms with Crippen molar-refractivity contribution in [3.05, 3.63) is 41.4 Å². The Bertz CT molecular complexity index is 397. The van der Waals surface area contributed by atoms with Crippen LogP contribution in [0.25, 0.3) is 0 Å². The molecule has 0 bridgehead atoms. The Morgan fingerprint density at radius 1 is 1.60 bits per heavy atom. The van der Waals surface area contributed by atoms with Crippen molar-refractivity contribution in [2.45, 2.75) is 13.3 Å². The number of pyridine rings is 1. The molecule has 0 saturated carbocycles. The molecule has 1 heterocycles. The van der Waals surface area contributed by atoms with E-state index < -0.39 is 0 Å². The highest BCUT2D eigenvalue weighted by atomic mass is 16.1. The highest BCUT2D eigenvalue weighted by Gasteiger charge is 1.98. The van der Waals surface area contributed by atoms with Crippen molar-refractivity contribution in [3.63, 3.8) is 0 Å². The van der Waals surface area contributed by atoms with Crippen LogP contribution in [0.4, 0.5) is 0 Å². The van der Waals surface area contributed by atoms with E-state index in [9.17, 15) is 4.79 Å². The molecular weight excluding hydrogens is 190 g/mol. The molecule has 1 amide bonds. The van der Waals surface area contributed by atoms with Crippen LogP contribution in [-0.2, 0) is 11.2 Å². The maximum atomic E-state index is 10.1. The molecule has 1 aromatic rings. The van der Waals surface area contributed by atoms with Gasteiger partial charge in [-0.2, -0.15) is 0 Å². The first kappa shape index (κ1) is 11.1. The molecule has 0 radical (unpaired) electrons. The molecule has 0 atom stereocenters. The van der Waals surface area contributed by atoms with Gasteiger partial charge in [0.25, 0.3) is 0 Å². The lowest BCUT2D eigenvalue weighted by molar-refractivity contribution is -0.106. The molecule has 4 nitrogen and oxygen atoms in total. The predicted molar refractivity (Wildman–Crippen MR) is 59.5 cm³/mol. The first-order chi connectivity index (χ1) is 7.26. The van der Waals surface area contributed by atoms with Crippen molar-refractivity contribution in [2.75, 3.05) is 0 Å². The second-order valence-corrected chi connectivity index (χ2v) is 3.07. The van der Waals surface area contributed by atoms with Gasteiger partial charge in [0, 0.05) is 24.0 Å². The number of carbonyl (C=O) groups excluding carboxylic acids is 1. The van der Waals surface area contributed by atoms with E-state index in [1.807, 2.05) is 25.1 Å². The third-order valence-electron chi connectivity index (χ3n) is 1.85. The summed E-state index contributed by atoms with van der Waals surface area (Å²) >= 11 is 0. The fourth-order valence-corrected chi connectivity index (χ4v) is 1.18. The van der Waals surface area contributed by atoms with E-state index in [1.165, 1.54) is 12.4 Å². The highest BCUT2D eigenvalue weighted by molar-refractivity contribution is 5.84. The molecule has 15 heavy (non-hydrogen) atoms. The molecule has 78 valence electrons. The van der Waals surface area contributed by atoms with Gasteiger partial charge in [-0.15, -0.1) is 0 Å². The van der Waals surface area contributed by atoms with Gasteiger partial charge in [-0.1, -0.05) is 6.07 Å². The minimum Gasteiger partial charge on any atom is -0.404 e. The number of nitrogens with zero attached hydrogens (tertiary/aromatic N) is 2. The van der Waals surface area contributed by atoms with Crippen LogP contribution < -0.4 is 5.73 Å². The average Bonchev–Trinajstić information content (AvgIpc) is 2.24. The fourth-order valence-electron chi connectivity index (χ4n) is 1.18. The van der Waals surface area contributed by atoms with E-state index in [4.69, 9.17) is 5.73 Å². The fraction of sp³-hybridized carbons (Fsp3) is 0.182. The number of amides is 1. The summed E-state index contributed by atoms with van der Waals surface area (Å²) in [6.07, 6.45) is 3.93. The lowest BCUT2D eigenvalue weighted by Crippen LogP contribution is -1.99. The molecule has 4 heteroatoms. The Hall–Kier alpha value is -1.97. The summed E-state index contributed by atoms with van der Waals surface area (Å²) in [7, 11) is 0. The minimum absolute atomic E-state index is 0.479. The molecular formula is C11H13N3O. The number of allylic oxidation sites excluding steroid dienone is 1. The van der Waals surface area contributed by atoms with Crippen LogP contribution in [0, 0.1) is 6.92 Å². The van der Waals surface area contributed by atoms with Gasteiger partial charge < -0.3 is 5.73 Å². The van der Waals surface area contributed by atoms with Crippen molar-refractivity contribution in [1.29, 1.82) is 0 Å². The number of carbonyl (C=O) groups is 1. The van der Waals surface area contributed by atoms with Crippen LogP contribution >= 0.6 is 0 Å². The van der Waals surface area contributed by atoms with Crippen molar-refractivity contribution >= 4 is 12.6 Å². The zero-order valence-corrected chi connectivity index (χ0v) is 8.55. The van der Waals surface area contributed by atoms with E-state index in [2.05, 4.69) is 9.98 Å². The van der Waals surface area contributed by atoms with Crippen molar-refractivity contribution in [3.8, 4) is 0 Å². The first-order valence-electron chi connectivity index (χ1n) is 4.56. The van der Waals surface area contributed by atoms with E-state index in [1.54, 1.807) is 0 Å². The molecule has 0 unspecified atom stereocenters. The second-order valence-electron chi connectivity index (χ2n) is 3.07. The number of hydrogen-bond donors (Lipinski definition) is 1. The molecule has 0 aliphatic rings. The summed E-state index contributed by atoms with van der Waals surface area (Å²) in [5, 5.41) is 0. The van der Waals surface area contributed by atoms with E-state index in [0.29, 0.717) is 12.8 Å². The highest BCUT2D eigenvalue weighted by Crippen LogP contribution is 2.04. The summed E-state index contributed by atoms with van der Waals surface area (Å²) < 4.78 is 0. The number of hydrogen-bond acceptors (Lipinski definition) is 3. The Balaban J connectivity index is 2.76. The molecule has 0 aliphatic carbocycles. The van der Waals surface area contributed by atoms with Gasteiger partial charge in [0.1, 0.15) is 0 Å². The van der Waals surface area contributed by atoms with Gasteiger partial charge in [0.2, 0.25) is 6.41 Å². The molecule has 0 aliphatic heterocycles. The Labute approximate surface area is 88.5 Å². The molecule has 1 aromatic heterocycles. The van der Waals surface area contributed by atoms with Crippen molar-refractivity contribution in [2.24, 2.45) is 10.7 Å². The van der Waals surface area contributed by atoms with Crippen LogP contribution in [0.2, 0.25) is 0 Å². The molecule has 0 fully saturated rings. The smallest absolute Gasteiger partial charge is 0.232 e. The molecule has 2 N–H and O–H groups in total. The van der Waals surface area contributed by atoms with Gasteiger partial charge in [-0.05, 0) is 30.8 Å². The number of nitrogens with two attached hydrogens (primary N) is 1. The van der Waals surface area contributed by atoms with Crippen LogP contribution in [0.5, 0.6) is 0 Å². The second kappa shape index (κ2) is 5.70. The molecule has 0 aromatic carbocycles. The Morgan fingerprint density at radius 3 is 3.00 bits per heavy atom. The SMILES string of the molecule is Cc1cccc(C/C(C=NC=O)=C/N)n1. The number of aryl methyl sites for hydroxylation is 1. The Kier molecular flexibility index (Phi) is 4.22. The molecule has 0 saturated heterocycles. The van der Waals surface area contributed by atoms with Gasteiger partial charge in [0.15, 0.2) is 0 Å². The van der Waals surface area contributed by atoms with Gasteiger partial charge in [-0.25, -0.2) is 4.99 Å². The number of aliphatic imine (C=N–C) groups is 1. The molecule has 0 spiro atoms. The number of aromatic nitrogens is 1. The summed E-state index contributed by atoms with van der Waals surface area (Å²) in [6, 6.07) is 5.77. The topological polar surface area (TPSA) is 68.3 Å². The lowest BCUT2D eigenvalue weighted by Gasteiger charge is -2.01. The lowest BCUT2D eigenvalue weighted by atomic mass is 10.1. The van der Waals surface area contributed by atoms with E-state index in [-0.39, 0.29) is 0 Å². The summed E-state index contributed by atoms with van der Waals surface area (Å²) in [5.41, 5.74) is 8.03. The third-order valence-corrected chi connectivity index (χ3v) is 1.85. The monoisotopic (exact) mass is 203 g/mol. The predicted octanol–water partition coefficient (Wildman–Crippen LogP) is 1.00. The summed E-state index contributed by atoms with van der Waals surface area (Å²) in [5.74, 6) is 0. The summed E-state index contributed by atoms with van der Waals surface area (Å²) in [4.78, 5) is 17.9. The largest absolute Gasteiger partial charge is 0.404 e. The quantitative estimate of drug-likeness (QED) is 0.586. The maximum Gasteiger partial charge on any atom is 0.232 e. The van der Waals surface area contributed by atoms with Crippen LogP contribution in [0.1, 0.15) is 11.4 Å². The first-order valence-corrected chi connectivity index (χ1v) is 4.56. The van der Waals surface area contributed by atoms with Crippen molar-refractivity contribution < 1.29 is 4.79 Å². The van der Waals surface area contributed by atoms with Crippen LogP contribution in [0.3, 0.4) is 0 Å². The number of rotatable bonds is 4. The average molecular weight is 203 g/mol.